The molecule has 3 N–H and O–H groups in total. The van der Waals surface area contributed by atoms with Crippen LogP contribution in [0.1, 0.15) is 12.5 Å². The van der Waals surface area contributed by atoms with E-state index in [9.17, 15) is 0 Å². The van der Waals surface area contributed by atoms with E-state index < -0.39 is 0 Å². The first-order chi connectivity index (χ1) is 11.1. The van der Waals surface area contributed by atoms with Gasteiger partial charge in [0.25, 0.3) is 0 Å². The van der Waals surface area contributed by atoms with E-state index in [1.807, 2.05) is 24.3 Å². The summed E-state index contributed by atoms with van der Waals surface area (Å²) in [6.07, 6.45) is 0. The average Bonchev–Trinajstić information content (AvgIpc) is 2.55. The maximum absolute atomic E-state index is 6.04. The SMILES string of the molecule is COCc1ccccc1NC(N)=NCC(C)N1CCN(C)CC1.I. The van der Waals surface area contributed by atoms with Crippen molar-refractivity contribution in [1.29, 1.82) is 0 Å². The molecule has 0 spiro atoms. The van der Waals surface area contributed by atoms with Gasteiger partial charge in [0.15, 0.2) is 5.96 Å². The molecule has 24 heavy (non-hydrogen) atoms. The first-order valence-electron chi connectivity index (χ1n) is 8.16. The van der Waals surface area contributed by atoms with Crippen LogP contribution in [-0.4, -0.2) is 68.7 Å². The predicted octanol–water partition coefficient (Wildman–Crippen LogP) is 1.81. The molecule has 0 saturated carbocycles. The van der Waals surface area contributed by atoms with E-state index in [-0.39, 0.29) is 24.0 Å². The Morgan fingerprint density at radius 2 is 1.96 bits per heavy atom. The van der Waals surface area contributed by atoms with Crippen molar-refractivity contribution in [2.75, 3.05) is 52.2 Å². The van der Waals surface area contributed by atoms with Crippen molar-refractivity contribution in [3.8, 4) is 0 Å². The van der Waals surface area contributed by atoms with Gasteiger partial charge in [-0.3, -0.25) is 9.89 Å². The molecule has 1 unspecified atom stereocenters. The van der Waals surface area contributed by atoms with Crippen molar-refractivity contribution in [3.05, 3.63) is 29.8 Å². The lowest BCUT2D eigenvalue weighted by molar-refractivity contribution is 0.122. The highest BCUT2D eigenvalue weighted by Crippen LogP contribution is 2.15. The van der Waals surface area contributed by atoms with Crippen molar-refractivity contribution in [3.63, 3.8) is 0 Å². The number of likely N-dealkylation sites (N-methyl/N-ethyl adjacent to an activating group) is 1. The third-order valence-electron chi connectivity index (χ3n) is 4.27. The van der Waals surface area contributed by atoms with Crippen LogP contribution in [-0.2, 0) is 11.3 Å². The second-order valence-electron chi connectivity index (χ2n) is 6.13. The minimum Gasteiger partial charge on any atom is -0.380 e. The van der Waals surface area contributed by atoms with E-state index in [1.165, 1.54) is 0 Å². The fourth-order valence-corrected chi connectivity index (χ4v) is 2.71. The number of hydrogen-bond donors (Lipinski definition) is 2. The molecule has 6 nitrogen and oxygen atoms in total. The van der Waals surface area contributed by atoms with Gasteiger partial charge in [0.05, 0.1) is 13.2 Å². The van der Waals surface area contributed by atoms with E-state index in [1.54, 1.807) is 7.11 Å². The van der Waals surface area contributed by atoms with Crippen LogP contribution >= 0.6 is 24.0 Å². The molecule has 0 radical (unpaired) electrons. The number of benzene rings is 1. The Bertz CT molecular complexity index is 517. The molecule has 7 heteroatoms. The molecule has 0 aliphatic carbocycles. The maximum Gasteiger partial charge on any atom is 0.193 e. The van der Waals surface area contributed by atoms with Gasteiger partial charge in [-0.05, 0) is 20.0 Å². The molecule has 1 saturated heterocycles. The molecule has 0 aromatic heterocycles. The minimum absolute atomic E-state index is 0. The van der Waals surface area contributed by atoms with Gasteiger partial charge in [-0.25, -0.2) is 0 Å². The molecule has 136 valence electrons. The number of aliphatic imine (C=N–C) groups is 1. The summed E-state index contributed by atoms with van der Waals surface area (Å²) in [4.78, 5) is 9.33. The highest BCUT2D eigenvalue weighted by molar-refractivity contribution is 14.0. The number of anilines is 1. The number of halogens is 1. The number of rotatable bonds is 6. The second-order valence-corrected chi connectivity index (χ2v) is 6.13. The summed E-state index contributed by atoms with van der Waals surface area (Å²) < 4.78 is 5.20. The quantitative estimate of drug-likeness (QED) is 0.396. The van der Waals surface area contributed by atoms with Gasteiger partial charge in [0.1, 0.15) is 0 Å². The first kappa shape index (κ1) is 21.1. The van der Waals surface area contributed by atoms with E-state index >= 15 is 0 Å². The first-order valence-corrected chi connectivity index (χ1v) is 8.16. The zero-order valence-electron chi connectivity index (χ0n) is 14.9. The molecule has 1 aliphatic rings. The molecular formula is C17H30IN5O. The van der Waals surface area contributed by atoms with E-state index in [0.29, 0.717) is 25.2 Å². The highest BCUT2D eigenvalue weighted by Gasteiger charge is 2.18. The fourth-order valence-electron chi connectivity index (χ4n) is 2.71. The zero-order chi connectivity index (χ0) is 16.7. The highest BCUT2D eigenvalue weighted by atomic mass is 127. The number of para-hydroxylation sites is 1. The van der Waals surface area contributed by atoms with E-state index in [4.69, 9.17) is 10.5 Å². The number of ether oxygens (including phenoxy) is 1. The predicted molar refractivity (Wildman–Crippen MR) is 111 cm³/mol. The Morgan fingerprint density at radius 1 is 1.29 bits per heavy atom. The topological polar surface area (TPSA) is 66.1 Å². The lowest BCUT2D eigenvalue weighted by atomic mass is 10.2. The molecule has 1 atom stereocenters. The molecular weight excluding hydrogens is 417 g/mol. The maximum atomic E-state index is 6.04. The normalized spacial score (nSPS) is 18.0. The van der Waals surface area contributed by atoms with Gasteiger partial charge >= 0.3 is 0 Å². The number of nitrogens with one attached hydrogen (secondary N) is 1. The van der Waals surface area contributed by atoms with Crippen molar-refractivity contribution in [2.24, 2.45) is 10.7 Å². The summed E-state index contributed by atoms with van der Waals surface area (Å²) in [6.45, 7) is 7.89. The molecule has 0 bridgehead atoms. The summed E-state index contributed by atoms with van der Waals surface area (Å²) >= 11 is 0. The molecule has 1 aliphatic heterocycles. The Hall–Kier alpha value is -0.900. The van der Waals surface area contributed by atoms with Crippen LogP contribution < -0.4 is 11.1 Å². The lowest BCUT2D eigenvalue weighted by Crippen LogP contribution is -2.49. The average molecular weight is 447 g/mol. The molecule has 1 aromatic rings. The van der Waals surface area contributed by atoms with Crippen LogP contribution in [0.15, 0.2) is 29.3 Å². The Labute approximate surface area is 162 Å². The molecule has 1 fully saturated rings. The lowest BCUT2D eigenvalue weighted by Gasteiger charge is -2.35. The van der Waals surface area contributed by atoms with Crippen molar-refractivity contribution < 1.29 is 4.74 Å². The van der Waals surface area contributed by atoms with Gasteiger partial charge < -0.3 is 20.7 Å². The van der Waals surface area contributed by atoms with Gasteiger partial charge in [-0.2, -0.15) is 0 Å². The van der Waals surface area contributed by atoms with Crippen LogP contribution in [0.5, 0.6) is 0 Å². The van der Waals surface area contributed by atoms with Crippen molar-refractivity contribution in [1.82, 2.24) is 9.80 Å². The van der Waals surface area contributed by atoms with Gasteiger partial charge in [0.2, 0.25) is 0 Å². The summed E-state index contributed by atoms with van der Waals surface area (Å²) in [5, 5.41) is 3.18. The third kappa shape index (κ3) is 6.54. The number of piperazine rings is 1. The smallest absolute Gasteiger partial charge is 0.193 e. The standard InChI is InChI=1S/C17H29N5O.HI/c1-14(22-10-8-21(2)9-11-22)12-19-17(18)20-16-7-5-4-6-15(16)13-23-3;/h4-7,14H,8-13H2,1-3H3,(H3,18,19,20);1H. The minimum atomic E-state index is 0. The number of hydrogen-bond acceptors (Lipinski definition) is 4. The fraction of sp³-hybridized carbons (Fsp3) is 0.588. The largest absolute Gasteiger partial charge is 0.380 e. The molecule has 1 aromatic carbocycles. The van der Waals surface area contributed by atoms with Gasteiger partial charge in [0, 0.05) is 50.6 Å². The second kappa shape index (κ2) is 10.9. The summed E-state index contributed by atoms with van der Waals surface area (Å²) in [5.41, 5.74) is 8.06. The third-order valence-corrected chi connectivity index (χ3v) is 4.27. The van der Waals surface area contributed by atoms with E-state index in [0.717, 1.165) is 37.4 Å². The summed E-state index contributed by atoms with van der Waals surface area (Å²) in [7, 11) is 3.85. The van der Waals surface area contributed by atoms with Gasteiger partial charge in [-0.15, -0.1) is 24.0 Å². The van der Waals surface area contributed by atoms with Crippen molar-refractivity contribution >= 4 is 35.6 Å². The zero-order valence-corrected chi connectivity index (χ0v) is 17.2. The molecule has 2 rings (SSSR count). The van der Waals surface area contributed by atoms with Crippen LogP contribution in [0.2, 0.25) is 0 Å². The van der Waals surface area contributed by atoms with Crippen LogP contribution in [0.25, 0.3) is 0 Å². The van der Waals surface area contributed by atoms with E-state index in [2.05, 4.69) is 34.1 Å². The van der Waals surface area contributed by atoms with Crippen LogP contribution in [0.4, 0.5) is 5.69 Å². The Morgan fingerprint density at radius 3 is 2.62 bits per heavy atom. The number of guanidine groups is 1. The number of nitrogens with zero attached hydrogens (tertiary/aromatic N) is 3. The monoisotopic (exact) mass is 447 g/mol. The van der Waals surface area contributed by atoms with Gasteiger partial charge in [-0.1, -0.05) is 18.2 Å². The summed E-state index contributed by atoms with van der Waals surface area (Å²) in [5.74, 6) is 0.453. The Kier molecular flexibility index (Phi) is 9.57. The molecule has 0 amide bonds. The van der Waals surface area contributed by atoms with Crippen LogP contribution in [0, 0.1) is 0 Å². The summed E-state index contributed by atoms with van der Waals surface area (Å²) in [6, 6.07) is 8.37. The number of nitrogens with two attached hydrogens (primary N) is 1. The van der Waals surface area contributed by atoms with Crippen molar-refractivity contribution in [2.45, 2.75) is 19.6 Å². The molecule has 1 heterocycles. The van der Waals surface area contributed by atoms with Crippen LogP contribution in [0.3, 0.4) is 0 Å². The Balaban J connectivity index is 0.00000288. The number of methoxy groups -OCH3 is 1.